The molecule has 1 fully saturated rings. The summed E-state index contributed by atoms with van der Waals surface area (Å²) in [6.07, 6.45) is 4.95. The molecule has 1 amide bonds. The zero-order valence-electron chi connectivity index (χ0n) is 12.0. The van der Waals surface area contributed by atoms with Crippen molar-refractivity contribution in [2.75, 3.05) is 6.54 Å². The minimum absolute atomic E-state index is 0.00807. The van der Waals surface area contributed by atoms with Crippen molar-refractivity contribution in [3.05, 3.63) is 38.9 Å². The highest BCUT2D eigenvalue weighted by Gasteiger charge is 2.31. The zero-order valence-corrected chi connectivity index (χ0v) is 12.8. The Kier molecular flexibility index (Phi) is 5.17. The normalized spacial score (nSPS) is 19.1. The number of hydrogen-bond donors (Lipinski definition) is 0. The molecule has 1 unspecified atom stereocenters. The molecule has 1 aromatic rings. The molecule has 0 spiro atoms. The van der Waals surface area contributed by atoms with Crippen LogP contribution in [-0.2, 0) is 0 Å². The third kappa shape index (κ3) is 3.35. The van der Waals surface area contributed by atoms with Crippen LogP contribution in [0.1, 0.15) is 49.4 Å². The molecule has 1 aliphatic heterocycles. The molecule has 0 N–H and O–H groups in total. The molecule has 1 heterocycles. The molecule has 21 heavy (non-hydrogen) atoms. The number of hydrogen-bond acceptors (Lipinski definition) is 3. The van der Waals surface area contributed by atoms with Gasteiger partial charge in [0.05, 0.1) is 4.92 Å². The fourth-order valence-corrected chi connectivity index (χ4v) is 3.14. The van der Waals surface area contributed by atoms with E-state index in [0.29, 0.717) is 6.54 Å². The molecule has 0 bridgehead atoms. The summed E-state index contributed by atoms with van der Waals surface area (Å²) in [6, 6.07) is 4.67. The third-order valence-electron chi connectivity index (χ3n) is 4.01. The Balaban J connectivity index is 2.38. The highest BCUT2D eigenvalue weighted by atomic mass is 35.5. The molecule has 0 aliphatic carbocycles. The van der Waals surface area contributed by atoms with Crippen LogP contribution in [0.4, 0.5) is 5.69 Å². The van der Waals surface area contributed by atoms with Crippen LogP contribution < -0.4 is 0 Å². The number of nitrogens with zero attached hydrogens (tertiary/aromatic N) is 2. The van der Waals surface area contributed by atoms with Gasteiger partial charge in [-0.3, -0.25) is 14.9 Å². The second-order valence-electron chi connectivity index (χ2n) is 5.30. The largest absolute Gasteiger partial charge is 0.335 e. The Morgan fingerprint density at radius 2 is 2.19 bits per heavy atom. The number of amides is 1. The lowest BCUT2D eigenvalue weighted by atomic mass is 10.1. The van der Waals surface area contributed by atoms with E-state index in [4.69, 9.17) is 11.6 Å². The van der Waals surface area contributed by atoms with E-state index in [0.717, 1.165) is 32.1 Å². The molecular formula is C15H19ClN2O3. The van der Waals surface area contributed by atoms with E-state index >= 15 is 0 Å². The quantitative estimate of drug-likeness (QED) is 0.625. The fourth-order valence-electron chi connectivity index (χ4n) is 2.90. The average Bonchev–Trinajstić information content (AvgIpc) is 2.70. The van der Waals surface area contributed by atoms with Gasteiger partial charge in [0.1, 0.15) is 10.6 Å². The van der Waals surface area contributed by atoms with Crippen LogP contribution in [0, 0.1) is 10.1 Å². The van der Waals surface area contributed by atoms with Crippen LogP contribution in [-0.4, -0.2) is 28.3 Å². The fraction of sp³-hybridized carbons (Fsp3) is 0.533. The highest BCUT2D eigenvalue weighted by molar-refractivity contribution is 6.33. The molecule has 0 aromatic heterocycles. The molecular weight excluding hydrogens is 292 g/mol. The summed E-state index contributed by atoms with van der Waals surface area (Å²) >= 11 is 5.90. The topological polar surface area (TPSA) is 63.5 Å². The molecule has 0 radical (unpaired) electrons. The molecule has 1 aromatic carbocycles. The van der Waals surface area contributed by atoms with Gasteiger partial charge in [0, 0.05) is 12.6 Å². The number of carbonyl (C=O) groups excluding carboxylic acids is 1. The van der Waals surface area contributed by atoms with Crippen LogP contribution >= 0.6 is 11.6 Å². The standard InChI is InChI=1S/C15H19ClN2O3/c1-2-11-7-4-3-5-10-17(11)15(19)12-8-6-9-13(16)14(12)18(20)21/h6,8-9,11H,2-5,7,10H2,1H3. The molecule has 6 heteroatoms. The van der Waals surface area contributed by atoms with Crippen molar-refractivity contribution < 1.29 is 9.72 Å². The lowest BCUT2D eigenvalue weighted by Crippen LogP contribution is -2.39. The van der Waals surface area contributed by atoms with Gasteiger partial charge >= 0.3 is 5.69 Å². The Morgan fingerprint density at radius 1 is 1.43 bits per heavy atom. The van der Waals surface area contributed by atoms with E-state index in [1.165, 1.54) is 12.1 Å². The molecule has 1 aliphatic rings. The van der Waals surface area contributed by atoms with Gasteiger partial charge < -0.3 is 4.90 Å². The predicted octanol–water partition coefficient (Wildman–Crippen LogP) is 4.04. The van der Waals surface area contributed by atoms with Gasteiger partial charge in [-0.1, -0.05) is 37.4 Å². The number of benzene rings is 1. The van der Waals surface area contributed by atoms with Crippen molar-refractivity contribution in [1.82, 2.24) is 4.90 Å². The van der Waals surface area contributed by atoms with Gasteiger partial charge in [0.15, 0.2) is 0 Å². The number of nitro groups is 1. The van der Waals surface area contributed by atoms with E-state index in [9.17, 15) is 14.9 Å². The Bertz CT molecular complexity index is 548. The first-order valence-corrected chi connectivity index (χ1v) is 7.68. The molecule has 114 valence electrons. The average molecular weight is 311 g/mol. The van der Waals surface area contributed by atoms with E-state index < -0.39 is 4.92 Å². The van der Waals surface area contributed by atoms with Crippen molar-refractivity contribution in [2.24, 2.45) is 0 Å². The highest BCUT2D eigenvalue weighted by Crippen LogP contribution is 2.31. The number of carbonyl (C=O) groups is 1. The Morgan fingerprint density at radius 3 is 2.86 bits per heavy atom. The maximum absolute atomic E-state index is 12.8. The molecule has 1 saturated heterocycles. The number of likely N-dealkylation sites (tertiary alicyclic amines) is 1. The zero-order chi connectivity index (χ0) is 15.4. The number of nitro benzene ring substituents is 1. The van der Waals surface area contributed by atoms with E-state index in [1.54, 1.807) is 11.0 Å². The lowest BCUT2D eigenvalue weighted by Gasteiger charge is -2.29. The van der Waals surface area contributed by atoms with Crippen LogP contribution in [0.5, 0.6) is 0 Å². The van der Waals surface area contributed by atoms with E-state index in [2.05, 4.69) is 0 Å². The van der Waals surface area contributed by atoms with Crippen molar-refractivity contribution >= 4 is 23.2 Å². The smallest absolute Gasteiger partial charge is 0.300 e. The van der Waals surface area contributed by atoms with Crippen LogP contribution in [0.2, 0.25) is 5.02 Å². The molecule has 0 saturated carbocycles. The number of rotatable bonds is 3. The van der Waals surface area contributed by atoms with E-state index in [-0.39, 0.29) is 28.2 Å². The summed E-state index contributed by atoms with van der Waals surface area (Å²) in [5.41, 5.74) is -0.198. The van der Waals surface area contributed by atoms with Crippen molar-refractivity contribution in [3.63, 3.8) is 0 Å². The van der Waals surface area contributed by atoms with Crippen LogP contribution in [0.15, 0.2) is 18.2 Å². The SMILES string of the molecule is CCC1CCCCCN1C(=O)c1cccc(Cl)c1[N+](=O)[O-]. The first-order valence-electron chi connectivity index (χ1n) is 7.30. The number of para-hydroxylation sites is 1. The van der Waals surface area contributed by atoms with Gasteiger partial charge in [-0.25, -0.2) is 0 Å². The first-order chi connectivity index (χ1) is 10.1. The van der Waals surface area contributed by atoms with E-state index in [1.807, 2.05) is 6.92 Å². The summed E-state index contributed by atoms with van der Waals surface area (Å²) in [5.74, 6) is -0.280. The molecule has 2 rings (SSSR count). The van der Waals surface area contributed by atoms with Gasteiger partial charge in [-0.05, 0) is 31.4 Å². The van der Waals surface area contributed by atoms with Gasteiger partial charge in [0.25, 0.3) is 5.91 Å². The summed E-state index contributed by atoms with van der Waals surface area (Å²) in [7, 11) is 0. The minimum Gasteiger partial charge on any atom is -0.335 e. The van der Waals surface area contributed by atoms with Gasteiger partial charge in [0.2, 0.25) is 0 Å². The summed E-state index contributed by atoms with van der Waals surface area (Å²) < 4.78 is 0. The maximum atomic E-state index is 12.8. The molecule has 5 nitrogen and oxygen atoms in total. The second-order valence-corrected chi connectivity index (χ2v) is 5.71. The number of halogens is 1. The van der Waals surface area contributed by atoms with Crippen molar-refractivity contribution in [3.8, 4) is 0 Å². The summed E-state index contributed by atoms with van der Waals surface area (Å²) in [5, 5.41) is 11.2. The lowest BCUT2D eigenvalue weighted by molar-refractivity contribution is -0.385. The summed E-state index contributed by atoms with van der Waals surface area (Å²) in [6.45, 7) is 2.70. The van der Waals surface area contributed by atoms with Gasteiger partial charge in [-0.2, -0.15) is 0 Å². The predicted molar refractivity (Wildman–Crippen MR) is 81.7 cm³/mol. The van der Waals surface area contributed by atoms with Crippen LogP contribution in [0.3, 0.4) is 0 Å². The van der Waals surface area contributed by atoms with Gasteiger partial charge in [-0.15, -0.1) is 0 Å². The summed E-state index contributed by atoms with van der Waals surface area (Å²) in [4.78, 5) is 25.2. The monoisotopic (exact) mass is 310 g/mol. The minimum atomic E-state index is -0.575. The van der Waals surface area contributed by atoms with Crippen molar-refractivity contribution in [1.29, 1.82) is 0 Å². The van der Waals surface area contributed by atoms with Crippen molar-refractivity contribution in [2.45, 2.75) is 45.1 Å². The van der Waals surface area contributed by atoms with Crippen LogP contribution in [0.25, 0.3) is 0 Å². The Hall–Kier alpha value is -1.62. The second kappa shape index (κ2) is 6.89. The Labute approximate surface area is 129 Å². The first kappa shape index (κ1) is 15.8. The maximum Gasteiger partial charge on any atom is 0.300 e. The molecule has 1 atom stereocenters. The third-order valence-corrected chi connectivity index (χ3v) is 4.31.